The molecule has 3 rings (SSSR count). The molecule has 2 aromatic heterocycles. The highest BCUT2D eigenvalue weighted by Crippen LogP contribution is 2.23. The predicted octanol–water partition coefficient (Wildman–Crippen LogP) is 3.78. The van der Waals surface area contributed by atoms with Crippen LogP contribution in [0.3, 0.4) is 0 Å². The third-order valence-electron chi connectivity index (χ3n) is 3.51. The lowest BCUT2D eigenvalue weighted by Crippen LogP contribution is -2.24. The highest BCUT2D eigenvalue weighted by atomic mass is 32.2. The Labute approximate surface area is 155 Å². The molecule has 26 heavy (non-hydrogen) atoms. The molecule has 3 aromatic rings. The summed E-state index contributed by atoms with van der Waals surface area (Å²) in [5, 5.41) is 13.8. The number of hydrogen-bond acceptors (Lipinski definition) is 6. The van der Waals surface area contributed by atoms with E-state index in [0.717, 1.165) is 5.56 Å². The van der Waals surface area contributed by atoms with Gasteiger partial charge in [0, 0.05) is 6.07 Å². The Morgan fingerprint density at radius 1 is 1.35 bits per heavy atom. The summed E-state index contributed by atoms with van der Waals surface area (Å²) in [6, 6.07) is 11.6. The molecule has 7 nitrogen and oxygen atoms in total. The quantitative estimate of drug-likeness (QED) is 0.615. The van der Waals surface area contributed by atoms with Crippen LogP contribution in [0, 0.1) is 6.92 Å². The van der Waals surface area contributed by atoms with Gasteiger partial charge in [-0.2, -0.15) is 0 Å². The van der Waals surface area contributed by atoms with E-state index in [4.69, 9.17) is 4.52 Å². The van der Waals surface area contributed by atoms with Crippen LogP contribution in [-0.4, -0.2) is 31.5 Å². The van der Waals surface area contributed by atoms with Gasteiger partial charge in [-0.05, 0) is 25.0 Å². The van der Waals surface area contributed by atoms with E-state index in [0.29, 0.717) is 29.0 Å². The van der Waals surface area contributed by atoms with Crippen molar-refractivity contribution < 1.29 is 9.32 Å². The lowest BCUT2D eigenvalue weighted by Gasteiger charge is -2.10. The molecule has 0 aliphatic rings. The summed E-state index contributed by atoms with van der Waals surface area (Å²) in [5.41, 5.74) is 1.08. The van der Waals surface area contributed by atoms with Crippen LogP contribution in [0.15, 0.2) is 46.1 Å². The van der Waals surface area contributed by atoms with E-state index in [9.17, 15) is 4.79 Å². The third kappa shape index (κ3) is 4.82. The Balaban J connectivity index is 1.61. The van der Waals surface area contributed by atoms with Crippen LogP contribution < -0.4 is 5.32 Å². The van der Waals surface area contributed by atoms with Gasteiger partial charge in [0.2, 0.25) is 11.1 Å². The van der Waals surface area contributed by atoms with Crippen molar-refractivity contribution in [2.75, 3.05) is 5.32 Å². The first-order valence-corrected chi connectivity index (χ1v) is 9.08. The van der Waals surface area contributed by atoms with E-state index < -0.39 is 0 Å². The second kappa shape index (κ2) is 8.48. The van der Waals surface area contributed by atoms with Crippen molar-refractivity contribution in [3.8, 4) is 0 Å². The Bertz CT molecular complexity index is 888. The molecule has 1 unspecified atom stereocenters. The molecule has 0 fully saturated rings. The number of hydrogen-bond donors (Lipinski definition) is 2. The van der Waals surface area contributed by atoms with Crippen molar-refractivity contribution in [3.05, 3.63) is 53.5 Å². The molecular weight excluding hydrogens is 350 g/mol. The van der Waals surface area contributed by atoms with E-state index in [1.54, 1.807) is 13.0 Å². The molecule has 0 bridgehead atoms. The van der Waals surface area contributed by atoms with Gasteiger partial charge in [-0.3, -0.25) is 9.89 Å². The van der Waals surface area contributed by atoms with Crippen molar-refractivity contribution in [2.45, 2.75) is 30.7 Å². The first kappa shape index (κ1) is 17.9. The van der Waals surface area contributed by atoms with Crippen LogP contribution in [-0.2, 0) is 4.79 Å². The molecule has 0 aliphatic heterocycles. The van der Waals surface area contributed by atoms with Gasteiger partial charge in [-0.15, -0.1) is 5.10 Å². The van der Waals surface area contributed by atoms with Gasteiger partial charge in [0.1, 0.15) is 11.6 Å². The molecule has 1 amide bonds. The number of anilines is 1. The lowest BCUT2D eigenvalue weighted by atomic mass is 10.2. The first-order chi connectivity index (χ1) is 12.6. The number of carbonyl (C=O) groups excluding carboxylic acids is 1. The second-order valence-electron chi connectivity index (χ2n) is 5.57. The fourth-order valence-electron chi connectivity index (χ4n) is 2.21. The van der Waals surface area contributed by atoms with Crippen LogP contribution >= 0.6 is 11.8 Å². The monoisotopic (exact) mass is 369 g/mol. The van der Waals surface area contributed by atoms with E-state index in [-0.39, 0.29) is 11.2 Å². The average molecular weight is 369 g/mol. The van der Waals surface area contributed by atoms with Gasteiger partial charge in [0.25, 0.3) is 0 Å². The molecule has 1 aromatic carbocycles. The minimum atomic E-state index is -0.325. The molecule has 2 N–H and O–H groups in total. The standard InChI is InChI=1S/C18H19N5O2S/c1-3-14(17(24)19-16-11-12(2)25-23-16)26-18-20-15(21-22-18)10-9-13-7-5-4-6-8-13/h4-11,14H,3H2,1-2H3,(H,19,23,24)(H,20,21,22). The van der Waals surface area contributed by atoms with Crippen LogP contribution in [0.5, 0.6) is 0 Å². The Morgan fingerprint density at radius 2 is 2.15 bits per heavy atom. The highest BCUT2D eigenvalue weighted by Gasteiger charge is 2.21. The predicted molar refractivity (Wildman–Crippen MR) is 102 cm³/mol. The molecule has 0 radical (unpaired) electrons. The Morgan fingerprint density at radius 3 is 2.85 bits per heavy atom. The summed E-state index contributed by atoms with van der Waals surface area (Å²) in [6.45, 7) is 3.71. The number of nitrogens with zero attached hydrogens (tertiary/aromatic N) is 3. The molecule has 8 heteroatoms. The molecule has 0 aliphatic carbocycles. The largest absolute Gasteiger partial charge is 0.360 e. The number of benzene rings is 1. The molecule has 0 saturated carbocycles. The normalized spacial score (nSPS) is 12.4. The SMILES string of the molecule is CCC(Sc1n[nH]c(C=Cc2ccccc2)n1)C(=O)Nc1cc(C)on1. The van der Waals surface area contributed by atoms with Crippen LogP contribution in [0.25, 0.3) is 12.2 Å². The topological polar surface area (TPSA) is 96.7 Å². The van der Waals surface area contributed by atoms with Crippen LogP contribution in [0.2, 0.25) is 0 Å². The van der Waals surface area contributed by atoms with Gasteiger partial charge in [-0.1, -0.05) is 60.3 Å². The third-order valence-corrected chi connectivity index (χ3v) is 4.73. The minimum absolute atomic E-state index is 0.156. The van der Waals surface area contributed by atoms with Gasteiger partial charge < -0.3 is 9.84 Å². The van der Waals surface area contributed by atoms with Crippen molar-refractivity contribution in [1.29, 1.82) is 0 Å². The number of H-pyrrole nitrogens is 1. The van der Waals surface area contributed by atoms with Gasteiger partial charge in [-0.25, -0.2) is 4.98 Å². The van der Waals surface area contributed by atoms with Crippen LogP contribution in [0.1, 0.15) is 30.5 Å². The number of nitrogens with one attached hydrogen (secondary N) is 2. The number of aryl methyl sites for hydroxylation is 1. The maximum Gasteiger partial charge on any atom is 0.239 e. The summed E-state index contributed by atoms with van der Waals surface area (Å²) < 4.78 is 4.95. The number of thioether (sulfide) groups is 1. The molecule has 2 heterocycles. The van der Waals surface area contributed by atoms with Crippen LogP contribution in [0.4, 0.5) is 5.82 Å². The summed E-state index contributed by atoms with van der Waals surface area (Å²) >= 11 is 1.31. The number of amides is 1. The van der Waals surface area contributed by atoms with Crippen molar-refractivity contribution in [3.63, 3.8) is 0 Å². The molecule has 134 valence electrons. The highest BCUT2D eigenvalue weighted by molar-refractivity contribution is 8.00. The second-order valence-corrected chi connectivity index (χ2v) is 6.74. The summed E-state index contributed by atoms with van der Waals surface area (Å²) in [6.07, 6.45) is 4.44. The Kier molecular flexibility index (Phi) is 5.85. The fourth-order valence-corrected chi connectivity index (χ4v) is 3.04. The number of aromatic nitrogens is 4. The zero-order valence-corrected chi connectivity index (χ0v) is 15.3. The van der Waals surface area contributed by atoms with Crippen molar-refractivity contribution in [1.82, 2.24) is 20.3 Å². The number of rotatable bonds is 7. The maximum absolute atomic E-state index is 12.4. The van der Waals surface area contributed by atoms with E-state index in [2.05, 4.69) is 25.7 Å². The zero-order chi connectivity index (χ0) is 18.4. The average Bonchev–Trinajstić information content (AvgIpc) is 3.27. The summed E-state index contributed by atoms with van der Waals surface area (Å²) in [5.74, 6) is 1.54. The zero-order valence-electron chi connectivity index (χ0n) is 14.5. The van der Waals surface area contributed by atoms with Gasteiger partial charge >= 0.3 is 0 Å². The molecule has 1 atom stereocenters. The molecule has 0 saturated heterocycles. The molecule has 0 spiro atoms. The molecular formula is C18H19N5O2S. The van der Waals surface area contributed by atoms with Crippen molar-refractivity contribution in [2.24, 2.45) is 0 Å². The minimum Gasteiger partial charge on any atom is -0.360 e. The Hall–Kier alpha value is -2.87. The smallest absolute Gasteiger partial charge is 0.239 e. The van der Waals surface area contributed by atoms with E-state index in [1.165, 1.54) is 11.8 Å². The number of aromatic amines is 1. The van der Waals surface area contributed by atoms with E-state index >= 15 is 0 Å². The van der Waals surface area contributed by atoms with E-state index in [1.807, 2.05) is 49.4 Å². The fraction of sp³-hybridized carbons (Fsp3) is 0.222. The summed E-state index contributed by atoms with van der Waals surface area (Å²) in [4.78, 5) is 16.8. The van der Waals surface area contributed by atoms with Gasteiger partial charge in [0.15, 0.2) is 5.82 Å². The summed E-state index contributed by atoms with van der Waals surface area (Å²) in [7, 11) is 0. The van der Waals surface area contributed by atoms with Crippen molar-refractivity contribution >= 4 is 35.6 Å². The van der Waals surface area contributed by atoms with Gasteiger partial charge in [0.05, 0.1) is 5.25 Å². The number of carbonyl (C=O) groups is 1. The maximum atomic E-state index is 12.4. The first-order valence-electron chi connectivity index (χ1n) is 8.20. The lowest BCUT2D eigenvalue weighted by molar-refractivity contribution is -0.115.